The number of ether oxygens (including phenoxy) is 1. The minimum atomic E-state index is -0.175. The van der Waals surface area contributed by atoms with Gasteiger partial charge in [0.05, 0.1) is 5.92 Å². The van der Waals surface area contributed by atoms with Crippen LogP contribution in [0.15, 0.2) is 0 Å². The number of hydrogen-bond acceptors (Lipinski definition) is 3. The van der Waals surface area contributed by atoms with E-state index in [2.05, 4.69) is 12.2 Å². The highest BCUT2D eigenvalue weighted by molar-refractivity contribution is 5.80. The van der Waals surface area contributed by atoms with Crippen molar-refractivity contribution in [3.8, 4) is 0 Å². The zero-order valence-corrected chi connectivity index (χ0v) is 13.2. The van der Waals surface area contributed by atoms with Crippen molar-refractivity contribution in [2.45, 2.75) is 70.8 Å². The van der Waals surface area contributed by atoms with E-state index in [4.69, 9.17) is 4.74 Å². The lowest BCUT2D eigenvalue weighted by Crippen LogP contribution is -2.42. The highest BCUT2D eigenvalue weighted by Gasteiger charge is 2.52. The Hall–Kier alpha value is -1.06. The third-order valence-corrected chi connectivity index (χ3v) is 5.19. The number of nitrogens with one attached hydrogen (secondary N) is 1. The molecule has 4 atom stereocenters. The summed E-state index contributed by atoms with van der Waals surface area (Å²) in [5, 5.41) is 3.05. The second-order valence-corrected chi connectivity index (χ2v) is 6.61. The summed E-state index contributed by atoms with van der Waals surface area (Å²) in [6, 6.07) is 0. The number of amides is 1. The van der Waals surface area contributed by atoms with Gasteiger partial charge in [0.2, 0.25) is 5.91 Å². The first kappa shape index (κ1) is 16.3. The average Bonchev–Trinajstić information content (AvgIpc) is 3.07. The Bertz CT molecular complexity index is 345. The molecule has 0 radical (unpaired) electrons. The molecule has 4 unspecified atom stereocenters. The quantitative estimate of drug-likeness (QED) is 0.498. The summed E-state index contributed by atoms with van der Waals surface area (Å²) in [5.41, 5.74) is 0. The topological polar surface area (TPSA) is 55.4 Å². The van der Waals surface area contributed by atoms with Crippen LogP contribution in [0.25, 0.3) is 0 Å². The van der Waals surface area contributed by atoms with Crippen LogP contribution in [0.5, 0.6) is 0 Å². The Morgan fingerprint density at radius 2 is 1.86 bits per heavy atom. The molecule has 0 aliphatic heterocycles. The summed E-state index contributed by atoms with van der Waals surface area (Å²) in [6.07, 6.45) is 10.4. The average molecular weight is 295 g/mol. The fourth-order valence-corrected chi connectivity index (χ4v) is 4.10. The van der Waals surface area contributed by atoms with Crippen molar-refractivity contribution >= 4 is 12.4 Å². The fourth-order valence-electron chi connectivity index (χ4n) is 4.10. The molecule has 2 bridgehead atoms. The molecule has 0 aromatic rings. The van der Waals surface area contributed by atoms with E-state index in [0.29, 0.717) is 18.3 Å². The van der Waals surface area contributed by atoms with Crippen LogP contribution in [0, 0.1) is 17.8 Å². The number of hydrogen-bond donors (Lipinski definition) is 1. The maximum atomic E-state index is 12.3. The van der Waals surface area contributed by atoms with Gasteiger partial charge in [-0.2, -0.15) is 0 Å². The first-order valence-electron chi connectivity index (χ1n) is 8.64. The van der Waals surface area contributed by atoms with Crippen molar-refractivity contribution in [2.24, 2.45) is 17.8 Å². The summed E-state index contributed by atoms with van der Waals surface area (Å²) in [5.74, 6) is 0.825. The summed E-state index contributed by atoms with van der Waals surface area (Å²) >= 11 is 0. The van der Waals surface area contributed by atoms with E-state index in [1.807, 2.05) is 0 Å². The molecule has 1 N–H and O–H groups in total. The number of carbonyl (C=O) groups is 2. The zero-order valence-electron chi connectivity index (χ0n) is 13.2. The lowest BCUT2D eigenvalue weighted by Gasteiger charge is -2.28. The fraction of sp³-hybridized carbons (Fsp3) is 0.882. The SMILES string of the molecule is CCCCCCCCNC(=O)C1C2CCC(C2)C1OC=O. The lowest BCUT2D eigenvalue weighted by molar-refractivity contribution is -0.144. The Morgan fingerprint density at radius 1 is 1.14 bits per heavy atom. The van der Waals surface area contributed by atoms with Gasteiger partial charge in [-0.05, 0) is 37.5 Å². The van der Waals surface area contributed by atoms with E-state index in [9.17, 15) is 9.59 Å². The molecule has 120 valence electrons. The van der Waals surface area contributed by atoms with Gasteiger partial charge < -0.3 is 10.1 Å². The van der Waals surface area contributed by atoms with Crippen molar-refractivity contribution < 1.29 is 14.3 Å². The summed E-state index contributed by atoms with van der Waals surface area (Å²) in [7, 11) is 0. The predicted octanol–water partition coefficient (Wildman–Crippen LogP) is 3.05. The molecule has 1 amide bonds. The third-order valence-electron chi connectivity index (χ3n) is 5.19. The molecular formula is C17H29NO3. The van der Waals surface area contributed by atoms with Crippen LogP contribution in [0.3, 0.4) is 0 Å². The van der Waals surface area contributed by atoms with Crippen molar-refractivity contribution in [2.75, 3.05) is 6.54 Å². The smallest absolute Gasteiger partial charge is 0.293 e. The lowest BCUT2D eigenvalue weighted by atomic mass is 9.85. The largest absolute Gasteiger partial charge is 0.463 e. The molecule has 0 saturated heterocycles. The predicted molar refractivity (Wildman–Crippen MR) is 81.6 cm³/mol. The Morgan fingerprint density at radius 3 is 2.62 bits per heavy atom. The molecule has 0 aromatic heterocycles. The van der Waals surface area contributed by atoms with E-state index in [-0.39, 0.29) is 17.9 Å². The van der Waals surface area contributed by atoms with E-state index in [1.54, 1.807) is 0 Å². The summed E-state index contributed by atoms with van der Waals surface area (Å²) in [6.45, 7) is 3.49. The molecule has 21 heavy (non-hydrogen) atoms. The van der Waals surface area contributed by atoms with Crippen LogP contribution in [-0.4, -0.2) is 25.0 Å². The van der Waals surface area contributed by atoms with Gasteiger partial charge in [0, 0.05) is 6.54 Å². The van der Waals surface area contributed by atoms with Crippen LogP contribution in [0.4, 0.5) is 0 Å². The van der Waals surface area contributed by atoms with Gasteiger partial charge >= 0.3 is 0 Å². The molecule has 0 heterocycles. The van der Waals surface area contributed by atoms with Gasteiger partial charge in [0.25, 0.3) is 6.47 Å². The molecular weight excluding hydrogens is 266 g/mol. The van der Waals surface area contributed by atoms with E-state index in [1.165, 1.54) is 32.1 Å². The monoisotopic (exact) mass is 295 g/mol. The van der Waals surface area contributed by atoms with Crippen LogP contribution in [0.1, 0.15) is 64.7 Å². The van der Waals surface area contributed by atoms with Crippen LogP contribution < -0.4 is 5.32 Å². The second-order valence-electron chi connectivity index (χ2n) is 6.61. The first-order chi connectivity index (χ1) is 10.3. The summed E-state index contributed by atoms with van der Waals surface area (Å²) in [4.78, 5) is 23.0. The molecule has 2 saturated carbocycles. The van der Waals surface area contributed by atoms with Crippen LogP contribution in [0.2, 0.25) is 0 Å². The van der Waals surface area contributed by atoms with Crippen molar-refractivity contribution in [1.82, 2.24) is 5.32 Å². The van der Waals surface area contributed by atoms with E-state index >= 15 is 0 Å². The number of carbonyl (C=O) groups excluding carboxylic acids is 2. The van der Waals surface area contributed by atoms with Crippen LogP contribution in [-0.2, 0) is 14.3 Å². The molecule has 2 fully saturated rings. The van der Waals surface area contributed by atoms with Crippen LogP contribution >= 0.6 is 0 Å². The van der Waals surface area contributed by atoms with Gasteiger partial charge in [-0.15, -0.1) is 0 Å². The number of rotatable bonds is 10. The minimum Gasteiger partial charge on any atom is -0.463 e. The minimum absolute atomic E-state index is 0.0996. The molecule has 4 nitrogen and oxygen atoms in total. The van der Waals surface area contributed by atoms with Gasteiger partial charge in [0.1, 0.15) is 6.10 Å². The number of unbranched alkanes of at least 4 members (excludes halogenated alkanes) is 5. The summed E-state index contributed by atoms with van der Waals surface area (Å²) < 4.78 is 5.20. The number of fused-ring (bicyclic) bond motifs is 2. The van der Waals surface area contributed by atoms with Gasteiger partial charge in [-0.3, -0.25) is 9.59 Å². The highest BCUT2D eigenvalue weighted by Crippen LogP contribution is 2.49. The Balaban J connectivity index is 1.66. The Labute approximate surface area is 128 Å². The zero-order chi connectivity index (χ0) is 15.1. The van der Waals surface area contributed by atoms with Gasteiger partial charge in [-0.25, -0.2) is 0 Å². The standard InChI is InChI=1S/C17H29NO3/c1-2-3-4-5-6-7-10-18-17(20)15-13-8-9-14(11-13)16(15)21-12-19/h12-16H,2-11H2,1H3,(H,18,20). The second kappa shape index (κ2) is 8.40. The molecule has 4 heteroatoms. The van der Waals surface area contributed by atoms with Crippen molar-refractivity contribution in [3.05, 3.63) is 0 Å². The first-order valence-corrected chi connectivity index (χ1v) is 8.64. The van der Waals surface area contributed by atoms with E-state index < -0.39 is 0 Å². The van der Waals surface area contributed by atoms with Gasteiger partial charge in [0.15, 0.2) is 0 Å². The van der Waals surface area contributed by atoms with Crippen molar-refractivity contribution in [3.63, 3.8) is 0 Å². The molecule has 2 rings (SSSR count). The molecule has 0 spiro atoms. The van der Waals surface area contributed by atoms with Gasteiger partial charge in [-0.1, -0.05) is 39.0 Å². The maximum Gasteiger partial charge on any atom is 0.293 e. The molecule has 2 aliphatic carbocycles. The van der Waals surface area contributed by atoms with E-state index in [0.717, 1.165) is 32.2 Å². The molecule has 2 aliphatic rings. The van der Waals surface area contributed by atoms with Crippen molar-refractivity contribution in [1.29, 1.82) is 0 Å². The normalized spacial score (nSPS) is 30.3. The highest BCUT2D eigenvalue weighted by atomic mass is 16.5. The Kier molecular flexibility index (Phi) is 6.52. The maximum absolute atomic E-state index is 12.3. The molecule has 0 aromatic carbocycles. The third kappa shape index (κ3) is 4.21.